The van der Waals surface area contributed by atoms with E-state index in [1.807, 2.05) is 0 Å². The van der Waals surface area contributed by atoms with E-state index in [1.54, 1.807) is 0 Å². The number of rotatable bonds is 12. The van der Waals surface area contributed by atoms with E-state index in [0.29, 0.717) is 5.92 Å². The summed E-state index contributed by atoms with van der Waals surface area (Å²) in [5.74, 6) is 1.79. The minimum Gasteiger partial charge on any atom is -0.198 e. The Labute approximate surface area is 197 Å². The number of unbranched alkanes of at least 4 members (excludes halogenated alkanes) is 2. The Balaban J connectivity index is 1.88. The van der Waals surface area contributed by atoms with Crippen LogP contribution >= 0.6 is 0 Å². The van der Waals surface area contributed by atoms with Crippen LogP contribution in [0.3, 0.4) is 0 Å². The molecule has 1 saturated carbocycles. The maximum Gasteiger partial charge on any atom is 0.0655 e. The average Bonchev–Trinajstić information content (AvgIpc) is 2.86. The second-order valence-corrected chi connectivity index (χ2v) is 10.0. The molecule has 1 fully saturated rings. The summed E-state index contributed by atoms with van der Waals surface area (Å²) in [7, 11) is 0. The smallest absolute Gasteiger partial charge is 0.0655 e. The van der Waals surface area contributed by atoms with Crippen LogP contribution in [0.25, 0.3) is 0 Å². The predicted octanol–water partition coefficient (Wildman–Crippen LogP) is 9.08. The molecule has 0 aliphatic heterocycles. The molecule has 1 unspecified atom stereocenters. The van der Waals surface area contributed by atoms with Gasteiger partial charge in [-0.25, -0.2) is 0 Å². The summed E-state index contributed by atoms with van der Waals surface area (Å²) in [6.45, 7) is 4.45. The van der Waals surface area contributed by atoms with Crippen molar-refractivity contribution >= 4 is 0 Å². The van der Waals surface area contributed by atoms with Crippen molar-refractivity contribution in [3.8, 4) is 6.07 Å². The molecule has 2 aromatic rings. The lowest BCUT2D eigenvalue weighted by Crippen LogP contribution is -2.39. The van der Waals surface area contributed by atoms with Crippen LogP contribution < -0.4 is 0 Å². The molecule has 1 aliphatic carbocycles. The lowest BCUT2D eigenvalue weighted by Gasteiger charge is -2.46. The van der Waals surface area contributed by atoms with Crippen LogP contribution in [0, 0.1) is 29.1 Å². The van der Waals surface area contributed by atoms with Crippen LogP contribution in [0.5, 0.6) is 0 Å². The quantitative estimate of drug-likeness (QED) is 0.309. The molecular weight excluding hydrogens is 386 g/mol. The maximum atomic E-state index is 9.51. The van der Waals surface area contributed by atoms with Crippen molar-refractivity contribution in [2.45, 2.75) is 96.3 Å². The lowest BCUT2D eigenvalue weighted by atomic mass is 9.58. The topological polar surface area (TPSA) is 23.8 Å². The fourth-order valence-corrected chi connectivity index (χ4v) is 6.22. The first-order valence-corrected chi connectivity index (χ1v) is 13.2. The van der Waals surface area contributed by atoms with Crippen LogP contribution in [0.2, 0.25) is 0 Å². The normalized spacial score (nSPS) is 19.9. The van der Waals surface area contributed by atoms with Crippen molar-refractivity contribution in [3.63, 3.8) is 0 Å². The monoisotopic (exact) mass is 429 g/mol. The zero-order valence-corrected chi connectivity index (χ0v) is 20.4. The summed E-state index contributed by atoms with van der Waals surface area (Å²) in [4.78, 5) is 0. The van der Waals surface area contributed by atoms with Gasteiger partial charge in [0.1, 0.15) is 0 Å². The van der Waals surface area contributed by atoms with Crippen molar-refractivity contribution in [2.24, 2.45) is 17.8 Å². The first-order chi connectivity index (χ1) is 15.7. The number of hydrogen-bond acceptors (Lipinski definition) is 1. The molecule has 0 amide bonds. The number of hydrogen-bond donors (Lipinski definition) is 0. The van der Waals surface area contributed by atoms with Gasteiger partial charge in [0, 0.05) is 11.3 Å². The lowest BCUT2D eigenvalue weighted by molar-refractivity contribution is 0.177. The molecule has 2 aromatic carbocycles. The van der Waals surface area contributed by atoms with Crippen molar-refractivity contribution in [3.05, 3.63) is 71.8 Å². The van der Waals surface area contributed by atoms with Gasteiger partial charge in [0.2, 0.25) is 0 Å². The van der Waals surface area contributed by atoms with Crippen molar-refractivity contribution in [1.82, 2.24) is 0 Å². The van der Waals surface area contributed by atoms with Gasteiger partial charge in [-0.1, -0.05) is 119 Å². The van der Waals surface area contributed by atoms with Gasteiger partial charge in [-0.3, -0.25) is 0 Å². The molecule has 172 valence electrons. The molecule has 0 heterocycles. The van der Waals surface area contributed by atoms with E-state index in [9.17, 15) is 5.26 Å². The standard InChI is InChI=1S/C31H43N/c1-3-5-8-14-27-20-22-30(23-21-27)31(28-16-9-6-10-17-28,29-18-11-7-12-19-29)24-13-15-26(4-2)25-32/h6-7,9-12,16-19,26-27,30H,3-5,8,13-15,20-24H2,1-2H3/t26?,27-,30-. The third kappa shape index (κ3) is 6.04. The Kier molecular flexibility index (Phi) is 9.86. The van der Waals surface area contributed by atoms with E-state index in [-0.39, 0.29) is 11.3 Å². The summed E-state index contributed by atoms with van der Waals surface area (Å²) in [5, 5.41) is 9.51. The van der Waals surface area contributed by atoms with Crippen LogP contribution in [0.15, 0.2) is 60.7 Å². The molecule has 3 rings (SSSR count). The number of nitriles is 1. The summed E-state index contributed by atoms with van der Waals surface area (Å²) in [6, 6.07) is 25.1. The Morgan fingerprint density at radius 3 is 1.94 bits per heavy atom. The van der Waals surface area contributed by atoms with E-state index in [1.165, 1.54) is 62.5 Å². The fraction of sp³-hybridized carbons (Fsp3) is 0.581. The zero-order chi connectivity index (χ0) is 22.7. The Bertz CT molecular complexity index is 756. The average molecular weight is 430 g/mol. The molecule has 1 heteroatoms. The SMILES string of the molecule is CCCCC[C@H]1CC[C@H](C(CCCC(C#N)CC)(c2ccccc2)c2ccccc2)CC1. The first kappa shape index (κ1) is 24.6. The Morgan fingerprint density at radius 1 is 0.844 bits per heavy atom. The molecule has 0 N–H and O–H groups in total. The highest BCUT2D eigenvalue weighted by atomic mass is 14.5. The minimum absolute atomic E-state index is 0.0602. The second kappa shape index (κ2) is 12.8. The summed E-state index contributed by atoms with van der Waals surface area (Å²) in [6.07, 6.45) is 15.2. The predicted molar refractivity (Wildman–Crippen MR) is 136 cm³/mol. The first-order valence-electron chi connectivity index (χ1n) is 13.2. The number of benzene rings is 2. The van der Waals surface area contributed by atoms with Crippen LogP contribution in [0.4, 0.5) is 0 Å². The van der Waals surface area contributed by atoms with E-state index in [0.717, 1.165) is 31.6 Å². The van der Waals surface area contributed by atoms with Gasteiger partial charge in [0.15, 0.2) is 0 Å². The fourth-order valence-electron chi connectivity index (χ4n) is 6.22. The second-order valence-electron chi connectivity index (χ2n) is 10.0. The molecule has 0 bridgehead atoms. The zero-order valence-electron chi connectivity index (χ0n) is 20.4. The summed E-state index contributed by atoms with van der Waals surface area (Å²) < 4.78 is 0. The molecule has 0 aromatic heterocycles. The molecule has 32 heavy (non-hydrogen) atoms. The largest absolute Gasteiger partial charge is 0.198 e. The summed E-state index contributed by atoms with van der Waals surface area (Å²) >= 11 is 0. The highest BCUT2D eigenvalue weighted by Gasteiger charge is 2.42. The van der Waals surface area contributed by atoms with Crippen molar-refractivity contribution in [2.75, 3.05) is 0 Å². The molecular formula is C31H43N. The van der Waals surface area contributed by atoms with E-state index in [4.69, 9.17) is 0 Å². The van der Waals surface area contributed by atoms with Crippen molar-refractivity contribution in [1.29, 1.82) is 5.26 Å². The van der Waals surface area contributed by atoms with Gasteiger partial charge in [0.25, 0.3) is 0 Å². The van der Waals surface area contributed by atoms with E-state index < -0.39 is 0 Å². The maximum absolute atomic E-state index is 9.51. The Morgan fingerprint density at radius 2 is 1.44 bits per heavy atom. The molecule has 0 radical (unpaired) electrons. The van der Waals surface area contributed by atoms with Gasteiger partial charge < -0.3 is 0 Å². The molecule has 1 atom stereocenters. The van der Waals surface area contributed by atoms with Gasteiger partial charge in [-0.15, -0.1) is 0 Å². The third-order valence-electron chi connectivity index (χ3n) is 8.14. The highest BCUT2D eigenvalue weighted by molar-refractivity contribution is 5.40. The molecule has 0 saturated heterocycles. The third-order valence-corrected chi connectivity index (χ3v) is 8.14. The van der Waals surface area contributed by atoms with Gasteiger partial charge >= 0.3 is 0 Å². The van der Waals surface area contributed by atoms with Crippen molar-refractivity contribution < 1.29 is 0 Å². The molecule has 0 spiro atoms. The molecule has 1 nitrogen and oxygen atoms in total. The van der Waals surface area contributed by atoms with Gasteiger partial charge in [-0.2, -0.15) is 5.26 Å². The van der Waals surface area contributed by atoms with Gasteiger partial charge in [0.05, 0.1) is 6.07 Å². The highest BCUT2D eigenvalue weighted by Crippen LogP contribution is 2.50. The molecule has 1 aliphatic rings. The number of nitrogens with zero attached hydrogens (tertiary/aromatic N) is 1. The van der Waals surface area contributed by atoms with Gasteiger partial charge in [-0.05, 0) is 55.1 Å². The minimum atomic E-state index is 0.0602. The van der Waals surface area contributed by atoms with Crippen LogP contribution in [-0.4, -0.2) is 0 Å². The van der Waals surface area contributed by atoms with Crippen LogP contribution in [-0.2, 0) is 5.41 Å². The summed E-state index contributed by atoms with van der Waals surface area (Å²) in [5.41, 5.74) is 3.02. The van der Waals surface area contributed by atoms with E-state index in [2.05, 4.69) is 80.6 Å². The van der Waals surface area contributed by atoms with E-state index >= 15 is 0 Å². The van der Waals surface area contributed by atoms with Crippen LogP contribution in [0.1, 0.15) is 102 Å². The Hall–Kier alpha value is -2.07.